The SMILES string of the molecule is CNC(=O)C(C)N(Cc1ccc(Cl)cc1)C(=O)CN(c1ccc(Cl)c(C(F)(F)F)c1)S(=O)(=O)c1ccccc1. The molecule has 0 saturated carbocycles. The molecule has 7 nitrogen and oxygen atoms in total. The summed E-state index contributed by atoms with van der Waals surface area (Å²) in [7, 11) is -3.15. The second-order valence-corrected chi connectivity index (χ2v) is 11.1. The summed E-state index contributed by atoms with van der Waals surface area (Å²) in [6.45, 7) is 0.454. The molecule has 0 heterocycles. The number of nitrogens with zero attached hydrogens (tertiary/aromatic N) is 2. The van der Waals surface area contributed by atoms with Crippen LogP contribution in [-0.4, -0.2) is 44.8 Å². The van der Waals surface area contributed by atoms with Gasteiger partial charge in [-0.3, -0.25) is 13.9 Å². The zero-order valence-electron chi connectivity index (χ0n) is 20.7. The topological polar surface area (TPSA) is 86.8 Å². The summed E-state index contributed by atoms with van der Waals surface area (Å²) in [5.41, 5.74) is -1.10. The van der Waals surface area contributed by atoms with Crippen LogP contribution in [0, 0.1) is 0 Å². The van der Waals surface area contributed by atoms with Crippen molar-refractivity contribution < 1.29 is 31.2 Å². The molecule has 2 amide bonds. The number of hydrogen-bond donors (Lipinski definition) is 1. The predicted octanol–water partition coefficient (Wildman–Crippen LogP) is 5.37. The minimum absolute atomic E-state index is 0.0990. The Morgan fingerprint density at radius 1 is 0.974 bits per heavy atom. The van der Waals surface area contributed by atoms with Crippen molar-refractivity contribution in [2.45, 2.75) is 30.6 Å². The quantitative estimate of drug-likeness (QED) is 0.357. The van der Waals surface area contributed by atoms with Crippen LogP contribution in [0.2, 0.25) is 10.0 Å². The van der Waals surface area contributed by atoms with Gasteiger partial charge in [0.05, 0.1) is 21.2 Å². The van der Waals surface area contributed by atoms with Crippen LogP contribution < -0.4 is 9.62 Å². The smallest absolute Gasteiger partial charge is 0.357 e. The van der Waals surface area contributed by atoms with E-state index in [0.717, 1.165) is 17.0 Å². The van der Waals surface area contributed by atoms with Gasteiger partial charge in [-0.15, -0.1) is 0 Å². The Balaban J connectivity index is 2.10. The molecule has 0 fully saturated rings. The fourth-order valence-corrected chi connectivity index (χ4v) is 5.49. The highest BCUT2D eigenvalue weighted by Crippen LogP contribution is 2.38. The molecule has 3 rings (SSSR count). The van der Waals surface area contributed by atoms with Gasteiger partial charge in [0.1, 0.15) is 12.6 Å². The number of halogens is 5. The molecule has 13 heteroatoms. The summed E-state index contributed by atoms with van der Waals surface area (Å²) in [5.74, 6) is -1.36. The van der Waals surface area contributed by atoms with Gasteiger partial charge in [0.25, 0.3) is 10.0 Å². The lowest BCUT2D eigenvalue weighted by Crippen LogP contribution is -2.50. The molecular formula is C26H24Cl2F3N3O4S. The number of carbonyl (C=O) groups is 2. The van der Waals surface area contributed by atoms with Crippen molar-refractivity contribution in [2.24, 2.45) is 0 Å². The lowest BCUT2D eigenvalue weighted by molar-refractivity contribution is -0.139. The molecule has 1 N–H and O–H groups in total. The predicted molar refractivity (Wildman–Crippen MR) is 143 cm³/mol. The maximum Gasteiger partial charge on any atom is 0.417 e. The first kappa shape index (κ1) is 30.3. The van der Waals surface area contributed by atoms with Crippen molar-refractivity contribution in [3.63, 3.8) is 0 Å². The molecule has 3 aromatic carbocycles. The number of amides is 2. The number of likely N-dealkylation sites (N-methyl/N-ethyl adjacent to an activating group) is 1. The Hall–Kier alpha value is -3.28. The Bertz CT molecular complexity index is 1440. The molecular weight excluding hydrogens is 578 g/mol. The van der Waals surface area contributed by atoms with Crippen LogP contribution in [0.25, 0.3) is 0 Å². The average molecular weight is 602 g/mol. The first-order chi connectivity index (χ1) is 18.3. The highest BCUT2D eigenvalue weighted by atomic mass is 35.5. The van der Waals surface area contributed by atoms with Crippen LogP contribution in [0.15, 0.2) is 77.7 Å². The summed E-state index contributed by atoms with van der Waals surface area (Å²) in [4.78, 5) is 27.0. The molecule has 0 aliphatic rings. The minimum Gasteiger partial charge on any atom is -0.357 e. The minimum atomic E-state index is -4.88. The van der Waals surface area contributed by atoms with E-state index in [4.69, 9.17) is 23.2 Å². The summed E-state index contributed by atoms with van der Waals surface area (Å²) in [6, 6.07) is 14.9. The van der Waals surface area contributed by atoms with Crippen LogP contribution in [0.1, 0.15) is 18.1 Å². The van der Waals surface area contributed by atoms with Gasteiger partial charge in [-0.05, 0) is 55.0 Å². The highest BCUT2D eigenvalue weighted by molar-refractivity contribution is 7.92. The standard InChI is InChI=1S/C26H24Cl2F3N3O4S/c1-17(25(36)32-2)33(15-18-8-10-19(27)11-9-18)24(35)16-34(39(37,38)21-6-4-3-5-7-21)20-12-13-23(28)22(14-20)26(29,30)31/h3-14,17H,15-16H2,1-2H3,(H,32,36). The summed E-state index contributed by atoms with van der Waals surface area (Å²) < 4.78 is 68.7. The Labute approximate surface area is 234 Å². The maximum atomic E-state index is 13.7. The molecule has 0 aliphatic heterocycles. The molecule has 39 heavy (non-hydrogen) atoms. The van der Waals surface area contributed by atoms with E-state index >= 15 is 0 Å². The van der Waals surface area contributed by atoms with Crippen LogP contribution in [0.5, 0.6) is 0 Å². The molecule has 0 bridgehead atoms. The molecule has 208 valence electrons. The lowest BCUT2D eigenvalue weighted by Gasteiger charge is -2.32. The van der Waals surface area contributed by atoms with Crippen molar-refractivity contribution in [3.05, 3.63) is 94.0 Å². The van der Waals surface area contributed by atoms with Crippen molar-refractivity contribution in [3.8, 4) is 0 Å². The van der Waals surface area contributed by atoms with Gasteiger partial charge in [-0.1, -0.05) is 53.5 Å². The van der Waals surface area contributed by atoms with Crippen molar-refractivity contribution in [1.82, 2.24) is 10.2 Å². The monoisotopic (exact) mass is 601 g/mol. The highest BCUT2D eigenvalue weighted by Gasteiger charge is 2.36. The van der Waals surface area contributed by atoms with Crippen LogP contribution in [-0.2, 0) is 32.3 Å². The molecule has 1 unspecified atom stereocenters. The fourth-order valence-electron chi connectivity index (χ4n) is 3.71. The van der Waals surface area contributed by atoms with Gasteiger partial charge in [0.15, 0.2) is 0 Å². The van der Waals surface area contributed by atoms with E-state index in [1.807, 2.05) is 0 Å². The molecule has 0 aliphatic carbocycles. The normalized spacial score (nSPS) is 12.5. The van der Waals surface area contributed by atoms with E-state index in [1.54, 1.807) is 30.3 Å². The van der Waals surface area contributed by atoms with Gasteiger partial charge in [-0.2, -0.15) is 13.2 Å². The number of nitrogens with one attached hydrogen (secondary N) is 1. The van der Waals surface area contributed by atoms with E-state index < -0.39 is 56.9 Å². The second kappa shape index (κ2) is 12.3. The largest absolute Gasteiger partial charge is 0.417 e. The number of benzene rings is 3. The third-order valence-corrected chi connectivity index (χ3v) is 8.20. The van der Waals surface area contributed by atoms with Crippen molar-refractivity contribution in [1.29, 1.82) is 0 Å². The number of rotatable bonds is 9. The first-order valence-corrected chi connectivity index (χ1v) is 13.7. The molecule has 0 saturated heterocycles. The Morgan fingerprint density at radius 2 is 1.59 bits per heavy atom. The number of hydrogen-bond acceptors (Lipinski definition) is 4. The van der Waals surface area contributed by atoms with E-state index in [-0.39, 0.29) is 11.4 Å². The summed E-state index contributed by atoms with van der Waals surface area (Å²) >= 11 is 11.7. The Kier molecular flexibility index (Phi) is 9.52. The molecule has 0 spiro atoms. The van der Waals surface area contributed by atoms with Crippen molar-refractivity contribution in [2.75, 3.05) is 17.9 Å². The summed E-state index contributed by atoms with van der Waals surface area (Å²) in [6.07, 6.45) is -4.88. The zero-order valence-corrected chi connectivity index (χ0v) is 23.1. The van der Waals surface area contributed by atoms with Gasteiger partial charge in [-0.25, -0.2) is 8.42 Å². The summed E-state index contributed by atoms with van der Waals surface area (Å²) in [5, 5.41) is 2.25. The first-order valence-electron chi connectivity index (χ1n) is 11.5. The fraction of sp³-hybridized carbons (Fsp3) is 0.231. The van der Waals surface area contributed by atoms with E-state index in [9.17, 15) is 31.2 Å². The van der Waals surface area contributed by atoms with Gasteiger partial charge >= 0.3 is 6.18 Å². The average Bonchev–Trinajstić information content (AvgIpc) is 2.90. The van der Waals surface area contributed by atoms with Gasteiger partial charge < -0.3 is 10.2 Å². The second-order valence-electron chi connectivity index (χ2n) is 8.42. The van der Waals surface area contributed by atoms with E-state index in [0.29, 0.717) is 21.0 Å². The zero-order chi connectivity index (χ0) is 29.0. The van der Waals surface area contributed by atoms with Crippen molar-refractivity contribution >= 4 is 50.7 Å². The van der Waals surface area contributed by atoms with Crippen LogP contribution >= 0.6 is 23.2 Å². The third kappa shape index (κ3) is 7.23. The lowest BCUT2D eigenvalue weighted by atomic mass is 10.1. The number of sulfonamides is 1. The molecule has 1 atom stereocenters. The number of carbonyl (C=O) groups excluding carboxylic acids is 2. The van der Waals surface area contributed by atoms with Crippen LogP contribution in [0.3, 0.4) is 0 Å². The molecule has 0 aromatic heterocycles. The van der Waals surface area contributed by atoms with E-state index in [2.05, 4.69) is 5.32 Å². The van der Waals surface area contributed by atoms with E-state index in [1.165, 1.54) is 38.2 Å². The van der Waals surface area contributed by atoms with Crippen LogP contribution in [0.4, 0.5) is 18.9 Å². The van der Waals surface area contributed by atoms with Gasteiger partial charge in [0.2, 0.25) is 11.8 Å². The third-order valence-electron chi connectivity index (χ3n) is 5.83. The molecule has 3 aromatic rings. The molecule has 0 radical (unpaired) electrons. The maximum absolute atomic E-state index is 13.7. The number of anilines is 1. The van der Waals surface area contributed by atoms with Gasteiger partial charge in [0, 0.05) is 18.6 Å². The number of alkyl halides is 3. The Morgan fingerprint density at radius 3 is 2.15 bits per heavy atom.